The number of esters is 1. The highest BCUT2D eigenvalue weighted by molar-refractivity contribution is 5.80. The second kappa shape index (κ2) is 4.21. The highest BCUT2D eigenvalue weighted by Gasteiger charge is 2.33. The smallest absolute Gasteiger partial charge is 0.328 e. The fourth-order valence-electron chi connectivity index (χ4n) is 1.11. The number of hydrogen-bond donors (Lipinski definition) is 1. The van der Waals surface area contributed by atoms with Gasteiger partial charge in [-0.2, -0.15) is 5.10 Å². The Balaban J connectivity index is 2.66. The highest BCUT2D eigenvalue weighted by Crippen LogP contribution is 2.13. The molecule has 0 aliphatic carbocycles. The summed E-state index contributed by atoms with van der Waals surface area (Å²) in [5, 5.41) is 3.90. The van der Waals surface area contributed by atoms with E-state index < -0.39 is 17.1 Å². The Hall–Kier alpha value is -1.43. The predicted molar refractivity (Wildman–Crippen MR) is 58.5 cm³/mol. The van der Waals surface area contributed by atoms with Crippen molar-refractivity contribution in [3.05, 3.63) is 12.7 Å². The Bertz CT molecular complexity index is 351. The SMILES string of the molecule is CC(C)(C)OC(=O)C(C)(N)Cn1cncn1. The predicted octanol–water partition coefficient (Wildman–Crippen LogP) is 0.337. The number of carbonyl (C=O) groups is 1. The first-order valence-electron chi connectivity index (χ1n) is 5.05. The Morgan fingerprint density at radius 2 is 2.06 bits per heavy atom. The monoisotopic (exact) mass is 226 g/mol. The van der Waals surface area contributed by atoms with Crippen LogP contribution in [-0.2, 0) is 16.1 Å². The average molecular weight is 226 g/mol. The molecule has 6 heteroatoms. The van der Waals surface area contributed by atoms with Crippen molar-refractivity contribution in [1.29, 1.82) is 0 Å². The fourth-order valence-corrected chi connectivity index (χ4v) is 1.11. The van der Waals surface area contributed by atoms with Crippen LogP contribution in [0.3, 0.4) is 0 Å². The van der Waals surface area contributed by atoms with Crippen LogP contribution < -0.4 is 5.73 Å². The Kier molecular flexibility index (Phi) is 3.32. The maximum atomic E-state index is 11.8. The van der Waals surface area contributed by atoms with Gasteiger partial charge in [-0.05, 0) is 27.7 Å². The largest absolute Gasteiger partial charge is 0.459 e. The summed E-state index contributed by atoms with van der Waals surface area (Å²) in [5.74, 6) is -0.449. The van der Waals surface area contributed by atoms with Crippen LogP contribution in [0.15, 0.2) is 12.7 Å². The molecule has 0 aliphatic rings. The molecule has 0 saturated heterocycles. The molecule has 6 nitrogen and oxygen atoms in total. The highest BCUT2D eigenvalue weighted by atomic mass is 16.6. The molecule has 1 heterocycles. The quantitative estimate of drug-likeness (QED) is 0.751. The van der Waals surface area contributed by atoms with Gasteiger partial charge in [0, 0.05) is 0 Å². The molecule has 0 bridgehead atoms. The summed E-state index contributed by atoms with van der Waals surface area (Å²) in [6.45, 7) is 7.26. The van der Waals surface area contributed by atoms with Gasteiger partial charge in [-0.1, -0.05) is 0 Å². The molecular formula is C10H18N4O2. The first kappa shape index (κ1) is 12.6. The molecule has 90 valence electrons. The van der Waals surface area contributed by atoms with Crippen molar-refractivity contribution in [2.45, 2.75) is 45.4 Å². The van der Waals surface area contributed by atoms with Crippen LogP contribution >= 0.6 is 0 Å². The van der Waals surface area contributed by atoms with Gasteiger partial charge < -0.3 is 10.5 Å². The average Bonchev–Trinajstić information content (AvgIpc) is 2.52. The van der Waals surface area contributed by atoms with Crippen LogP contribution in [0.5, 0.6) is 0 Å². The summed E-state index contributed by atoms with van der Waals surface area (Å²) in [6.07, 6.45) is 2.90. The zero-order valence-corrected chi connectivity index (χ0v) is 10.1. The summed E-state index contributed by atoms with van der Waals surface area (Å²) in [6, 6.07) is 0. The number of nitrogens with zero attached hydrogens (tertiary/aromatic N) is 3. The first-order valence-corrected chi connectivity index (χ1v) is 5.05. The van der Waals surface area contributed by atoms with Crippen LogP contribution in [0, 0.1) is 0 Å². The van der Waals surface area contributed by atoms with Crippen LogP contribution in [-0.4, -0.2) is 31.9 Å². The third kappa shape index (κ3) is 3.62. The molecule has 2 N–H and O–H groups in total. The summed E-state index contributed by atoms with van der Waals surface area (Å²) in [7, 11) is 0. The summed E-state index contributed by atoms with van der Waals surface area (Å²) < 4.78 is 6.73. The van der Waals surface area contributed by atoms with Crippen molar-refractivity contribution in [2.24, 2.45) is 5.73 Å². The van der Waals surface area contributed by atoms with Gasteiger partial charge in [0.1, 0.15) is 23.8 Å². The van der Waals surface area contributed by atoms with Gasteiger partial charge in [0.2, 0.25) is 0 Å². The molecule has 0 aromatic carbocycles. The minimum atomic E-state index is -1.11. The van der Waals surface area contributed by atoms with E-state index >= 15 is 0 Å². The van der Waals surface area contributed by atoms with Gasteiger partial charge in [0.25, 0.3) is 0 Å². The first-order chi connectivity index (χ1) is 7.21. The maximum absolute atomic E-state index is 11.8. The van der Waals surface area contributed by atoms with Crippen LogP contribution in [0.4, 0.5) is 0 Å². The van der Waals surface area contributed by atoms with Crippen molar-refractivity contribution < 1.29 is 9.53 Å². The van der Waals surface area contributed by atoms with Gasteiger partial charge >= 0.3 is 5.97 Å². The molecule has 1 unspecified atom stereocenters. The van der Waals surface area contributed by atoms with Gasteiger partial charge in [-0.25, -0.2) is 9.78 Å². The molecule has 1 atom stereocenters. The Morgan fingerprint density at radius 1 is 1.44 bits per heavy atom. The molecule has 0 spiro atoms. The van der Waals surface area contributed by atoms with Crippen molar-refractivity contribution in [1.82, 2.24) is 14.8 Å². The fraction of sp³-hybridized carbons (Fsp3) is 0.700. The van der Waals surface area contributed by atoms with E-state index in [0.717, 1.165) is 0 Å². The number of rotatable bonds is 3. The van der Waals surface area contributed by atoms with Crippen LogP contribution in [0.1, 0.15) is 27.7 Å². The standard InChI is InChI=1S/C10H18N4O2/c1-9(2,3)16-8(15)10(4,11)5-14-7-12-6-13-14/h6-7H,5,11H2,1-4H3. The third-order valence-corrected chi connectivity index (χ3v) is 1.82. The van der Waals surface area contributed by atoms with E-state index in [9.17, 15) is 4.79 Å². The zero-order chi connectivity index (χ0) is 12.4. The Labute approximate surface area is 94.8 Å². The van der Waals surface area contributed by atoms with Gasteiger partial charge in [0.05, 0.1) is 6.54 Å². The van der Waals surface area contributed by atoms with Crippen molar-refractivity contribution >= 4 is 5.97 Å². The number of nitrogens with two attached hydrogens (primary N) is 1. The lowest BCUT2D eigenvalue weighted by molar-refractivity contribution is -0.161. The van der Waals surface area contributed by atoms with E-state index in [1.54, 1.807) is 27.7 Å². The van der Waals surface area contributed by atoms with E-state index in [2.05, 4.69) is 10.1 Å². The molecule has 0 amide bonds. The van der Waals surface area contributed by atoms with Crippen LogP contribution in [0.2, 0.25) is 0 Å². The lowest BCUT2D eigenvalue weighted by Crippen LogP contribution is -2.51. The normalized spacial score (nSPS) is 15.6. The summed E-state index contributed by atoms with van der Waals surface area (Å²) in [5.41, 5.74) is 4.24. The summed E-state index contributed by atoms with van der Waals surface area (Å²) in [4.78, 5) is 15.6. The van der Waals surface area contributed by atoms with Crippen molar-refractivity contribution in [2.75, 3.05) is 0 Å². The number of aromatic nitrogens is 3. The van der Waals surface area contributed by atoms with Gasteiger partial charge in [-0.3, -0.25) is 4.68 Å². The summed E-state index contributed by atoms with van der Waals surface area (Å²) >= 11 is 0. The minimum absolute atomic E-state index is 0.238. The van der Waals surface area contributed by atoms with Gasteiger partial charge in [0.15, 0.2) is 0 Å². The van der Waals surface area contributed by atoms with Gasteiger partial charge in [-0.15, -0.1) is 0 Å². The molecule has 0 fully saturated rings. The van der Waals surface area contributed by atoms with Crippen LogP contribution in [0.25, 0.3) is 0 Å². The lowest BCUT2D eigenvalue weighted by Gasteiger charge is -2.28. The topological polar surface area (TPSA) is 83.0 Å². The van der Waals surface area contributed by atoms with E-state index in [4.69, 9.17) is 10.5 Å². The molecule has 1 aromatic heterocycles. The minimum Gasteiger partial charge on any atom is -0.459 e. The lowest BCUT2D eigenvalue weighted by atomic mass is 10.0. The van der Waals surface area contributed by atoms with E-state index in [-0.39, 0.29) is 6.54 Å². The molecule has 1 rings (SSSR count). The second-order valence-corrected chi connectivity index (χ2v) is 5.01. The molecule has 16 heavy (non-hydrogen) atoms. The van der Waals surface area contributed by atoms with Crippen molar-refractivity contribution in [3.63, 3.8) is 0 Å². The number of carbonyl (C=O) groups excluding carboxylic acids is 1. The second-order valence-electron chi connectivity index (χ2n) is 5.01. The number of hydrogen-bond acceptors (Lipinski definition) is 5. The maximum Gasteiger partial charge on any atom is 0.328 e. The third-order valence-electron chi connectivity index (χ3n) is 1.82. The zero-order valence-electron chi connectivity index (χ0n) is 10.1. The number of ether oxygens (including phenoxy) is 1. The van der Waals surface area contributed by atoms with E-state index in [1.807, 2.05) is 0 Å². The Morgan fingerprint density at radius 3 is 2.50 bits per heavy atom. The molecule has 0 aliphatic heterocycles. The molecule has 0 radical (unpaired) electrons. The van der Waals surface area contributed by atoms with E-state index in [1.165, 1.54) is 17.3 Å². The van der Waals surface area contributed by atoms with Crippen molar-refractivity contribution in [3.8, 4) is 0 Å². The molecular weight excluding hydrogens is 208 g/mol. The molecule has 0 saturated carbocycles. The van der Waals surface area contributed by atoms with E-state index in [0.29, 0.717) is 0 Å². The molecule has 1 aromatic rings.